The molecule has 1 saturated carbocycles. The summed E-state index contributed by atoms with van der Waals surface area (Å²) in [5.74, 6) is -0.277. The van der Waals surface area contributed by atoms with Gasteiger partial charge >= 0.3 is 11.7 Å². The second-order valence-electron chi connectivity index (χ2n) is 6.74. The van der Waals surface area contributed by atoms with Crippen LogP contribution in [0.25, 0.3) is 0 Å². The lowest BCUT2D eigenvalue weighted by Gasteiger charge is -2.44. The van der Waals surface area contributed by atoms with Crippen molar-refractivity contribution in [3.8, 4) is 0 Å². The molecule has 1 N–H and O–H groups in total. The second kappa shape index (κ2) is 7.67. The Labute approximate surface area is 144 Å². The molecule has 8 nitrogen and oxygen atoms in total. The minimum absolute atomic E-state index is 0.168. The first-order chi connectivity index (χ1) is 12.0. The smallest absolute Gasteiger partial charge is 0.328 e. The van der Waals surface area contributed by atoms with Crippen LogP contribution < -0.4 is 11.2 Å². The number of amides is 1. The number of aromatic amines is 1. The molecule has 2 heterocycles. The van der Waals surface area contributed by atoms with Crippen LogP contribution in [-0.2, 0) is 20.9 Å². The van der Waals surface area contributed by atoms with E-state index in [9.17, 15) is 19.2 Å². The molecule has 3 rings (SSSR count). The summed E-state index contributed by atoms with van der Waals surface area (Å²) in [5, 5.41) is 0. The third-order valence-corrected chi connectivity index (χ3v) is 5.12. The second-order valence-corrected chi connectivity index (χ2v) is 6.74. The summed E-state index contributed by atoms with van der Waals surface area (Å²) in [5.41, 5.74) is -1.21. The Balaban J connectivity index is 1.53. The highest BCUT2D eigenvalue weighted by molar-refractivity contribution is 5.81. The van der Waals surface area contributed by atoms with E-state index in [1.54, 1.807) is 0 Å². The van der Waals surface area contributed by atoms with Gasteiger partial charge in [0.1, 0.15) is 6.54 Å². The summed E-state index contributed by atoms with van der Waals surface area (Å²) in [6.07, 6.45) is 7.95. The first-order valence-electron chi connectivity index (χ1n) is 8.79. The van der Waals surface area contributed by atoms with Gasteiger partial charge in [-0.3, -0.25) is 23.9 Å². The van der Waals surface area contributed by atoms with Crippen LogP contribution in [0.15, 0.2) is 21.9 Å². The number of aromatic nitrogens is 2. The van der Waals surface area contributed by atoms with E-state index < -0.39 is 17.2 Å². The van der Waals surface area contributed by atoms with E-state index in [0.717, 1.165) is 36.4 Å². The molecule has 0 aromatic carbocycles. The zero-order valence-electron chi connectivity index (χ0n) is 14.1. The van der Waals surface area contributed by atoms with Crippen LogP contribution in [0.3, 0.4) is 0 Å². The first kappa shape index (κ1) is 17.4. The Bertz CT molecular complexity index is 751. The highest BCUT2D eigenvalue weighted by Crippen LogP contribution is 2.35. The molecule has 2 fully saturated rings. The van der Waals surface area contributed by atoms with Crippen molar-refractivity contribution in [1.29, 1.82) is 0 Å². The SMILES string of the molecule is O=C(Cn1ccc(=O)[nH]c1=O)OCC(=O)N1CCC[C@@H]2CCCC[C@H]21. The van der Waals surface area contributed by atoms with Crippen molar-refractivity contribution in [3.05, 3.63) is 33.1 Å². The molecule has 1 aromatic heterocycles. The van der Waals surface area contributed by atoms with Crippen molar-refractivity contribution < 1.29 is 14.3 Å². The minimum Gasteiger partial charge on any atom is -0.454 e. The Morgan fingerprint density at radius 2 is 1.92 bits per heavy atom. The fourth-order valence-electron chi connectivity index (χ4n) is 3.91. The van der Waals surface area contributed by atoms with E-state index in [2.05, 4.69) is 4.98 Å². The van der Waals surface area contributed by atoms with Crippen molar-refractivity contribution in [2.75, 3.05) is 13.2 Å². The van der Waals surface area contributed by atoms with Gasteiger partial charge in [0.15, 0.2) is 6.61 Å². The molecule has 136 valence electrons. The zero-order chi connectivity index (χ0) is 17.8. The summed E-state index contributed by atoms with van der Waals surface area (Å²) in [6, 6.07) is 1.42. The number of esters is 1. The maximum atomic E-state index is 12.5. The number of rotatable bonds is 4. The Kier molecular flexibility index (Phi) is 5.35. The Hall–Kier alpha value is -2.38. The highest BCUT2D eigenvalue weighted by Gasteiger charge is 2.35. The number of hydrogen-bond donors (Lipinski definition) is 1. The van der Waals surface area contributed by atoms with Crippen molar-refractivity contribution >= 4 is 11.9 Å². The molecular formula is C17H23N3O5. The van der Waals surface area contributed by atoms with Crippen LogP contribution in [0.1, 0.15) is 38.5 Å². The fraction of sp³-hybridized carbons (Fsp3) is 0.647. The van der Waals surface area contributed by atoms with Gasteiger partial charge in [0.05, 0.1) is 0 Å². The molecule has 0 unspecified atom stereocenters. The summed E-state index contributed by atoms with van der Waals surface area (Å²) in [4.78, 5) is 50.8. The third-order valence-electron chi connectivity index (χ3n) is 5.12. The Morgan fingerprint density at radius 3 is 2.72 bits per heavy atom. The lowest BCUT2D eigenvalue weighted by molar-refractivity contribution is -0.155. The number of ether oxygens (including phenoxy) is 1. The fourth-order valence-corrected chi connectivity index (χ4v) is 3.91. The molecule has 1 amide bonds. The van der Waals surface area contributed by atoms with Gasteiger partial charge in [0, 0.05) is 24.8 Å². The third kappa shape index (κ3) is 4.18. The van der Waals surface area contributed by atoms with Crippen LogP contribution in [0.4, 0.5) is 0 Å². The molecule has 8 heteroatoms. The number of nitrogens with one attached hydrogen (secondary N) is 1. The van der Waals surface area contributed by atoms with Gasteiger partial charge in [-0.15, -0.1) is 0 Å². The molecule has 1 saturated heterocycles. The van der Waals surface area contributed by atoms with Crippen LogP contribution >= 0.6 is 0 Å². The molecule has 25 heavy (non-hydrogen) atoms. The molecule has 1 aliphatic heterocycles. The van der Waals surface area contributed by atoms with E-state index >= 15 is 0 Å². The van der Waals surface area contributed by atoms with Crippen LogP contribution in [0, 0.1) is 5.92 Å². The largest absolute Gasteiger partial charge is 0.454 e. The van der Waals surface area contributed by atoms with Crippen molar-refractivity contribution in [3.63, 3.8) is 0 Å². The summed E-state index contributed by atoms with van der Waals surface area (Å²) >= 11 is 0. The Morgan fingerprint density at radius 1 is 1.16 bits per heavy atom. The van der Waals surface area contributed by atoms with Crippen molar-refractivity contribution in [1.82, 2.24) is 14.5 Å². The number of hydrogen-bond acceptors (Lipinski definition) is 5. The van der Waals surface area contributed by atoms with Crippen molar-refractivity contribution in [2.24, 2.45) is 5.92 Å². The summed E-state index contributed by atoms with van der Waals surface area (Å²) in [7, 11) is 0. The molecular weight excluding hydrogens is 326 g/mol. The standard InChI is InChI=1S/C17H23N3O5/c21-14-7-9-19(17(24)18-14)10-16(23)25-11-15(22)20-8-3-5-12-4-1-2-6-13(12)20/h7,9,12-13H,1-6,8,10-11H2,(H,18,21,24)/t12-,13+/m0/s1. The number of H-pyrrole nitrogens is 1. The molecule has 1 aliphatic carbocycles. The highest BCUT2D eigenvalue weighted by atomic mass is 16.5. The van der Waals surface area contributed by atoms with Gasteiger partial charge < -0.3 is 9.64 Å². The molecule has 2 atom stereocenters. The maximum Gasteiger partial charge on any atom is 0.328 e. The maximum absolute atomic E-state index is 12.5. The van der Waals surface area contributed by atoms with E-state index in [1.165, 1.54) is 25.5 Å². The number of piperidine rings is 1. The first-order valence-corrected chi connectivity index (χ1v) is 8.79. The number of carbonyl (C=O) groups excluding carboxylic acids is 2. The van der Waals surface area contributed by atoms with E-state index in [-0.39, 0.29) is 25.1 Å². The van der Waals surface area contributed by atoms with E-state index in [0.29, 0.717) is 5.92 Å². The quantitative estimate of drug-likeness (QED) is 0.786. The minimum atomic E-state index is -0.683. The lowest BCUT2D eigenvalue weighted by Crippen LogP contribution is -2.51. The van der Waals surface area contributed by atoms with Gasteiger partial charge in [-0.1, -0.05) is 12.8 Å². The van der Waals surface area contributed by atoms with Gasteiger partial charge in [0.25, 0.3) is 11.5 Å². The van der Waals surface area contributed by atoms with Gasteiger partial charge in [0.2, 0.25) is 0 Å². The van der Waals surface area contributed by atoms with Crippen molar-refractivity contribution in [2.45, 2.75) is 51.1 Å². The molecule has 2 aliphatic rings. The normalized spacial score (nSPS) is 23.0. The van der Waals surface area contributed by atoms with Gasteiger partial charge in [-0.2, -0.15) is 0 Å². The molecule has 1 aromatic rings. The van der Waals surface area contributed by atoms with Gasteiger partial charge in [-0.25, -0.2) is 4.79 Å². The van der Waals surface area contributed by atoms with Crippen LogP contribution in [0.2, 0.25) is 0 Å². The summed E-state index contributed by atoms with van der Waals surface area (Å²) < 4.78 is 6.08. The number of fused-ring (bicyclic) bond motifs is 1. The number of nitrogens with zero attached hydrogens (tertiary/aromatic N) is 2. The van der Waals surface area contributed by atoms with E-state index in [4.69, 9.17) is 4.74 Å². The van der Waals surface area contributed by atoms with E-state index in [1.807, 2.05) is 4.90 Å². The molecule has 0 spiro atoms. The summed E-state index contributed by atoms with van der Waals surface area (Å²) in [6.45, 7) is 0.0754. The van der Waals surface area contributed by atoms with Gasteiger partial charge in [-0.05, 0) is 31.6 Å². The monoisotopic (exact) mass is 349 g/mol. The molecule has 0 radical (unpaired) electrons. The molecule has 0 bridgehead atoms. The lowest BCUT2D eigenvalue weighted by atomic mass is 9.78. The number of likely N-dealkylation sites (tertiary alicyclic amines) is 1. The predicted molar refractivity (Wildman–Crippen MR) is 89.0 cm³/mol. The predicted octanol–water partition coefficient (Wildman–Crippen LogP) is 0.261. The van der Waals surface area contributed by atoms with Crippen LogP contribution in [-0.4, -0.2) is 45.5 Å². The topological polar surface area (TPSA) is 101 Å². The van der Waals surface area contributed by atoms with Crippen LogP contribution in [0.5, 0.6) is 0 Å². The average molecular weight is 349 g/mol. The average Bonchev–Trinajstić information content (AvgIpc) is 2.61. The number of carbonyl (C=O) groups is 2. The zero-order valence-corrected chi connectivity index (χ0v) is 14.1.